The summed E-state index contributed by atoms with van der Waals surface area (Å²) in [5.74, 6) is 0.116. The van der Waals surface area contributed by atoms with Gasteiger partial charge in [-0.15, -0.1) is 0 Å². The Morgan fingerprint density at radius 2 is 0.798 bits per heavy atom. The molecule has 84 heavy (non-hydrogen) atoms. The van der Waals surface area contributed by atoms with Gasteiger partial charge in [0.25, 0.3) is 0 Å². The largest absolute Gasteiger partial charge is 0.488 e. The summed E-state index contributed by atoms with van der Waals surface area (Å²) in [4.78, 5) is 11.2. The molecule has 1 aliphatic carbocycles. The molecule has 4 aliphatic heterocycles. The molecule has 0 spiro atoms. The van der Waals surface area contributed by atoms with Crippen LogP contribution in [-0.2, 0) is 9.47 Å². The molecule has 3 aromatic heterocycles. The Kier molecular flexibility index (Phi) is 16.2. The van der Waals surface area contributed by atoms with Crippen LogP contribution in [-0.4, -0.2) is 182 Å². The number of H-pyrrole nitrogens is 3. The molecule has 4 aromatic carbocycles. The van der Waals surface area contributed by atoms with E-state index < -0.39 is 112 Å². The first kappa shape index (κ1) is 57.0. The lowest BCUT2D eigenvalue weighted by Crippen LogP contribution is -2.60. The minimum atomic E-state index is -1.66. The first-order valence-electron chi connectivity index (χ1n) is 27.9. The summed E-state index contributed by atoms with van der Waals surface area (Å²) < 4.78 is 30.3. The summed E-state index contributed by atoms with van der Waals surface area (Å²) in [6.07, 6.45) is -19.3. The molecule has 15 atom stereocenters. The van der Waals surface area contributed by atoms with Crippen molar-refractivity contribution in [3.63, 3.8) is 0 Å². The van der Waals surface area contributed by atoms with Crippen molar-refractivity contribution < 1.29 is 85.0 Å². The minimum Gasteiger partial charge on any atom is -0.488 e. The zero-order valence-corrected chi connectivity index (χ0v) is 45.1. The molecule has 7 heterocycles. The summed E-state index contributed by atoms with van der Waals surface area (Å²) >= 11 is 0. The van der Waals surface area contributed by atoms with Crippen LogP contribution in [0.3, 0.4) is 0 Å². The molecule has 1 saturated carbocycles. The highest BCUT2D eigenvalue weighted by molar-refractivity contribution is 5.88. The van der Waals surface area contributed by atoms with E-state index in [0.717, 1.165) is 44.7 Å². The van der Waals surface area contributed by atoms with Crippen LogP contribution < -0.4 is 30.2 Å². The summed E-state index contributed by atoms with van der Waals surface area (Å²) in [6.45, 7) is -1.69. The topological polar surface area (TPSA) is 348 Å². The molecule has 3 saturated heterocycles. The fourth-order valence-electron chi connectivity index (χ4n) is 12.0. The lowest BCUT2D eigenvalue weighted by Gasteiger charge is -2.39. The molecule has 16 N–H and O–H groups in total. The third-order valence-corrected chi connectivity index (χ3v) is 16.5. The van der Waals surface area contributed by atoms with Crippen molar-refractivity contribution >= 4 is 22.3 Å². The van der Waals surface area contributed by atoms with Crippen LogP contribution in [0.15, 0.2) is 151 Å². The lowest BCUT2D eigenvalue weighted by atomic mass is 9.81. The Labute approximate surface area is 480 Å². The van der Waals surface area contributed by atoms with E-state index in [1.165, 1.54) is 0 Å². The standard InChI is InChI=1S/C63H66N4O17/c68-27-34-26-46(54(72)57(75)53(34)71)80-35-12-4-9-31(23-35)50-42-19-21-44(66-42)51(32-10-5-13-36(24-32)81-62-60(78)58(76)55(73)47(28-69)83-62)40-17-15-38(64-40)49(30-7-2-1-3-8-30)39-16-18-41(65-39)52(45-22-20-43(50)67-45)33-11-6-14-37(25-33)82-63-61(79)59(77)56(74)48(29-70)84-63/h1-19,21,23-25,34,46-48,53-79H,20,22,26-29H2/t34-,46-,47-,48-,53-,54+,55-,56-,57+,58+,59+,60-,61-,62-,63-/m1/s1. The van der Waals surface area contributed by atoms with Crippen molar-refractivity contribution in [3.8, 4) is 17.2 Å². The van der Waals surface area contributed by atoms with Crippen LogP contribution in [0.5, 0.6) is 17.2 Å². The van der Waals surface area contributed by atoms with Gasteiger partial charge in [-0.1, -0.05) is 66.7 Å². The van der Waals surface area contributed by atoms with Gasteiger partial charge in [0.2, 0.25) is 12.6 Å². The van der Waals surface area contributed by atoms with Crippen molar-refractivity contribution in [2.24, 2.45) is 5.92 Å². The van der Waals surface area contributed by atoms with Crippen molar-refractivity contribution in [1.29, 1.82) is 0 Å². The molecule has 5 aliphatic rings. The summed E-state index contributed by atoms with van der Waals surface area (Å²) in [5, 5.41) is 132. The number of ether oxygens (including phenoxy) is 5. The maximum Gasteiger partial charge on any atom is 0.229 e. The minimum absolute atomic E-state index is 0.0696. The number of allylic oxidation sites excluding steroid dienone is 2. The Balaban J connectivity index is 1.04. The van der Waals surface area contributed by atoms with E-state index >= 15 is 0 Å². The molecular weight excluding hydrogens is 1080 g/mol. The van der Waals surface area contributed by atoms with E-state index in [-0.39, 0.29) is 17.9 Å². The molecule has 0 radical (unpaired) electrons. The number of rotatable bonds is 13. The monoisotopic (exact) mass is 1150 g/mol. The van der Waals surface area contributed by atoms with Crippen LogP contribution in [0.4, 0.5) is 0 Å². The smallest absolute Gasteiger partial charge is 0.229 e. The number of hydrogen-bond acceptors (Lipinski definition) is 18. The van der Waals surface area contributed by atoms with Crippen molar-refractivity contribution in [3.05, 3.63) is 207 Å². The molecule has 4 fully saturated rings. The normalized spacial score (nSPS) is 29.9. The van der Waals surface area contributed by atoms with Crippen LogP contribution in [0.1, 0.15) is 64.3 Å². The van der Waals surface area contributed by atoms with Gasteiger partial charge in [0, 0.05) is 79.7 Å². The fourth-order valence-corrected chi connectivity index (χ4v) is 12.0. The number of hydrogen-bond donors (Lipinski definition) is 16. The predicted molar refractivity (Wildman–Crippen MR) is 301 cm³/mol. The van der Waals surface area contributed by atoms with Gasteiger partial charge in [-0.3, -0.25) is 0 Å². The average Bonchev–Trinajstić information content (AvgIpc) is 4.41. The van der Waals surface area contributed by atoms with Gasteiger partial charge in [-0.05, 0) is 114 Å². The lowest BCUT2D eigenvalue weighted by molar-refractivity contribution is -0.277. The first-order valence-corrected chi connectivity index (χ1v) is 27.9. The molecule has 8 bridgehead atoms. The number of aromatic amines is 3. The molecule has 7 aromatic rings. The van der Waals surface area contributed by atoms with E-state index in [1.54, 1.807) is 42.5 Å². The third-order valence-electron chi connectivity index (χ3n) is 16.5. The highest BCUT2D eigenvalue weighted by Crippen LogP contribution is 2.41. The Hall–Kier alpha value is -7.42. The molecule has 0 unspecified atom stereocenters. The van der Waals surface area contributed by atoms with Crippen molar-refractivity contribution in [2.45, 2.75) is 105 Å². The van der Waals surface area contributed by atoms with Gasteiger partial charge in [-0.2, -0.15) is 0 Å². The third kappa shape index (κ3) is 10.9. The zero-order valence-electron chi connectivity index (χ0n) is 45.1. The summed E-state index contributed by atoms with van der Waals surface area (Å²) in [6, 6.07) is 43.3. The first-order chi connectivity index (χ1) is 40.7. The van der Waals surface area contributed by atoms with Crippen molar-refractivity contribution in [2.75, 3.05) is 19.8 Å². The molecular formula is C63H66N4O17. The van der Waals surface area contributed by atoms with Gasteiger partial charge in [0.05, 0.1) is 19.3 Å². The Bertz CT molecular complexity index is 3680. The number of aliphatic hydroxyl groups is 12. The maximum absolute atomic E-state index is 11.1. The number of benzene rings is 4. The fraction of sp³-hybridized carbons (Fsp3) is 0.333. The van der Waals surface area contributed by atoms with Gasteiger partial charge < -0.3 is 105 Å². The van der Waals surface area contributed by atoms with Gasteiger partial charge >= 0.3 is 0 Å². The van der Waals surface area contributed by atoms with E-state index in [9.17, 15) is 61.3 Å². The van der Waals surface area contributed by atoms with Crippen LogP contribution in [0, 0.1) is 5.92 Å². The SMILES string of the molecule is OC[C@H]1C[C@@H](Oc2cccc(C3=C4CCC(=C(c5cccc(O[C@@H]6O[C@H](CO)[C@@H](O)[C@H](O)[C@H]6O)c5)c5ccc([nH]5)C(c5ccccc5)=c5ccc([nH]5)=C(c5cccc(O[C@@H]6O[C@H](CO)[C@@H](O)[C@H](O)[C@H]6O)c5)c5ccc3[nH]5)N4)c2)[C@H](O)[C@@H](O)[C@@H]1O. The molecule has 440 valence electrons. The zero-order chi connectivity index (χ0) is 58.5. The molecule has 12 rings (SSSR count). The van der Waals surface area contributed by atoms with Gasteiger partial charge in [0.1, 0.15) is 84.4 Å². The maximum atomic E-state index is 11.1. The second kappa shape index (κ2) is 23.9. The summed E-state index contributed by atoms with van der Waals surface area (Å²) in [7, 11) is 0. The number of fused-ring (bicyclic) bond motifs is 8. The highest BCUT2D eigenvalue weighted by Gasteiger charge is 2.47. The van der Waals surface area contributed by atoms with E-state index in [1.807, 2.05) is 97.1 Å². The van der Waals surface area contributed by atoms with Crippen LogP contribution >= 0.6 is 0 Å². The molecule has 21 heteroatoms. The number of aromatic nitrogens is 3. The second-order valence-electron chi connectivity index (χ2n) is 21.8. The van der Waals surface area contributed by atoms with Crippen LogP contribution in [0.25, 0.3) is 22.3 Å². The molecule has 0 amide bonds. The average molecular weight is 1150 g/mol. The van der Waals surface area contributed by atoms with Crippen LogP contribution in [0.2, 0.25) is 0 Å². The Morgan fingerprint density at radius 3 is 1.26 bits per heavy atom. The summed E-state index contributed by atoms with van der Waals surface area (Å²) in [5.41, 5.74) is 10.3. The van der Waals surface area contributed by atoms with Crippen molar-refractivity contribution in [1.82, 2.24) is 20.3 Å². The second-order valence-corrected chi connectivity index (χ2v) is 21.8. The van der Waals surface area contributed by atoms with Gasteiger partial charge in [0.15, 0.2) is 0 Å². The van der Waals surface area contributed by atoms with E-state index in [2.05, 4.69) is 20.3 Å². The van der Waals surface area contributed by atoms with E-state index in [4.69, 9.17) is 23.7 Å². The van der Waals surface area contributed by atoms with E-state index in [0.29, 0.717) is 63.3 Å². The quantitative estimate of drug-likeness (QED) is 0.0737. The number of nitrogens with one attached hydrogen (secondary N) is 4. The highest BCUT2D eigenvalue weighted by atomic mass is 16.7. The van der Waals surface area contributed by atoms with Gasteiger partial charge in [-0.25, -0.2) is 0 Å². The number of aliphatic hydroxyl groups excluding tert-OH is 12. The molecule has 21 nitrogen and oxygen atoms in total. The predicted octanol–water partition coefficient (Wildman–Crippen LogP) is 0.281. The Morgan fingerprint density at radius 1 is 0.381 bits per heavy atom.